The number of phenols is 1. The van der Waals surface area contributed by atoms with E-state index in [1.165, 1.54) is 19.2 Å². The van der Waals surface area contributed by atoms with E-state index in [1.807, 2.05) is 0 Å². The number of rotatable bonds is 4. The molecule has 90 valence electrons. The van der Waals surface area contributed by atoms with Gasteiger partial charge < -0.3 is 20.7 Å². The number of aliphatic hydroxyl groups is 1. The fourth-order valence-corrected chi connectivity index (χ4v) is 1.24. The Morgan fingerprint density at radius 1 is 1.50 bits per heavy atom. The van der Waals surface area contributed by atoms with Crippen molar-refractivity contribution in [2.75, 3.05) is 13.7 Å². The van der Waals surface area contributed by atoms with Gasteiger partial charge >= 0.3 is 0 Å². The Labute approximate surface area is 91.3 Å². The maximum Gasteiger partial charge on any atom is 0.289 e. The maximum atomic E-state index is 13.1. The summed E-state index contributed by atoms with van der Waals surface area (Å²) in [5.41, 5.74) is 5.31. The molecule has 16 heavy (non-hydrogen) atoms. The Kier molecular flexibility index (Phi) is 3.66. The number of alkyl halides is 2. The highest BCUT2D eigenvalue weighted by atomic mass is 19.3. The largest absolute Gasteiger partial charge is 0.504 e. The molecular weight excluding hydrogens is 220 g/mol. The van der Waals surface area contributed by atoms with Gasteiger partial charge in [0, 0.05) is 0 Å². The van der Waals surface area contributed by atoms with Crippen LogP contribution >= 0.6 is 0 Å². The smallest absolute Gasteiger partial charge is 0.289 e. The first-order chi connectivity index (χ1) is 7.42. The van der Waals surface area contributed by atoms with Crippen LogP contribution in [0.25, 0.3) is 0 Å². The first kappa shape index (κ1) is 12.7. The molecule has 0 aliphatic carbocycles. The van der Waals surface area contributed by atoms with Crippen LogP contribution in [-0.4, -0.2) is 29.9 Å². The zero-order valence-electron chi connectivity index (χ0n) is 8.65. The fraction of sp³-hybridized carbons (Fsp3) is 0.400. The second kappa shape index (κ2) is 4.63. The van der Waals surface area contributed by atoms with Crippen LogP contribution in [0.4, 0.5) is 8.78 Å². The van der Waals surface area contributed by atoms with Crippen molar-refractivity contribution in [1.29, 1.82) is 0 Å². The summed E-state index contributed by atoms with van der Waals surface area (Å²) >= 11 is 0. The molecule has 0 heterocycles. The Morgan fingerprint density at radius 2 is 2.12 bits per heavy atom. The third-order valence-corrected chi connectivity index (χ3v) is 2.23. The number of nitrogens with two attached hydrogens (primary N) is 1. The SMILES string of the molecule is COc1ccc([C@@H](N)C(F)(F)CO)cc1O. The molecular formula is C10H13F2NO3. The van der Waals surface area contributed by atoms with Gasteiger partial charge in [-0.1, -0.05) is 6.07 Å². The van der Waals surface area contributed by atoms with Crippen LogP contribution in [0.3, 0.4) is 0 Å². The summed E-state index contributed by atoms with van der Waals surface area (Å²) in [5.74, 6) is -3.53. The lowest BCUT2D eigenvalue weighted by Crippen LogP contribution is -2.36. The summed E-state index contributed by atoms with van der Waals surface area (Å²) in [4.78, 5) is 0. The number of phenolic OH excluding ortho intramolecular Hbond substituents is 1. The lowest BCUT2D eigenvalue weighted by molar-refractivity contribution is -0.0712. The number of halogens is 2. The predicted octanol–water partition coefficient (Wildman–Crippen LogP) is 1.03. The average molecular weight is 233 g/mol. The van der Waals surface area contributed by atoms with Crippen LogP contribution < -0.4 is 10.5 Å². The van der Waals surface area contributed by atoms with Gasteiger partial charge in [-0.25, -0.2) is 8.78 Å². The van der Waals surface area contributed by atoms with Crippen molar-refractivity contribution >= 4 is 0 Å². The molecule has 1 atom stereocenters. The second-order valence-corrected chi connectivity index (χ2v) is 3.33. The van der Waals surface area contributed by atoms with Crippen LogP contribution in [0, 0.1) is 0 Å². The molecule has 4 nitrogen and oxygen atoms in total. The van der Waals surface area contributed by atoms with Crippen molar-refractivity contribution < 1.29 is 23.7 Å². The number of benzene rings is 1. The Bertz CT molecular complexity index is 371. The quantitative estimate of drug-likeness (QED) is 0.726. The molecule has 1 rings (SSSR count). The van der Waals surface area contributed by atoms with Crippen molar-refractivity contribution in [2.45, 2.75) is 12.0 Å². The van der Waals surface area contributed by atoms with Gasteiger partial charge in [-0.15, -0.1) is 0 Å². The van der Waals surface area contributed by atoms with Crippen molar-refractivity contribution in [3.8, 4) is 11.5 Å². The van der Waals surface area contributed by atoms with Crippen LogP contribution in [0.2, 0.25) is 0 Å². The molecule has 0 aliphatic rings. The monoisotopic (exact) mass is 233 g/mol. The van der Waals surface area contributed by atoms with Crippen molar-refractivity contribution in [3.63, 3.8) is 0 Å². The predicted molar refractivity (Wildman–Crippen MR) is 53.6 cm³/mol. The molecule has 0 unspecified atom stereocenters. The highest BCUT2D eigenvalue weighted by Crippen LogP contribution is 2.33. The molecule has 0 amide bonds. The van der Waals surface area contributed by atoms with E-state index in [0.717, 1.165) is 6.07 Å². The molecule has 0 bridgehead atoms. The minimum Gasteiger partial charge on any atom is -0.504 e. The van der Waals surface area contributed by atoms with Crippen LogP contribution in [-0.2, 0) is 0 Å². The minimum atomic E-state index is -3.43. The van der Waals surface area contributed by atoms with E-state index < -0.39 is 18.6 Å². The maximum absolute atomic E-state index is 13.1. The van der Waals surface area contributed by atoms with Crippen molar-refractivity contribution in [2.24, 2.45) is 5.73 Å². The van der Waals surface area contributed by atoms with Gasteiger partial charge in [-0.2, -0.15) is 0 Å². The summed E-state index contributed by atoms with van der Waals surface area (Å²) in [6.45, 7) is -1.35. The number of ether oxygens (including phenoxy) is 1. The lowest BCUT2D eigenvalue weighted by atomic mass is 10.0. The topological polar surface area (TPSA) is 75.7 Å². The van der Waals surface area contributed by atoms with E-state index in [-0.39, 0.29) is 17.1 Å². The molecule has 1 aromatic carbocycles. The number of aliphatic hydroxyl groups excluding tert-OH is 1. The minimum absolute atomic E-state index is 0.0253. The molecule has 4 N–H and O–H groups in total. The Hall–Kier alpha value is -1.40. The summed E-state index contributed by atoms with van der Waals surface area (Å²) in [7, 11) is 1.34. The molecule has 1 aromatic rings. The first-order valence-electron chi connectivity index (χ1n) is 4.53. The van der Waals surface area contributed by atoms with E-state index in [2.05, 4.69) is 0 Å². The van der Waals surface area contributed by atoms with Gasteiger partial charge in [-0.3, -0.25) is 0 Å². The van der Waals surface area contributed by atoms with Gasteiger partial charge in [0.2, 0.25) is 0 Å². The fourth-order valence-electron chi connectivity index (χ4n) is 1.24. The van der Waals surface area contributed by atoms with Gasteiger partial charge in [0.1, 0.15) is 6.61 Å². The third-order valence-electron chi connectivity index (χ3n) is 2.23. The zero-order chi connectivity index (χ0) is 12.3. The van der Waals surface area contributed by atoms with Gasteiger partial charge in [0.15, 0.2) is 11.5 Å². The summed E-state index contributed by atoms with van der Waals surface area (Å²) in [5, 5.41) is 17.9. The Balaban J connectivity index is 3.02. The highest BCUT2D eigenvalue weighted by molar-refractivity contribution is 5.43. The van der Waals surface area contributed by atoms with E-state index in [4.69, 9.17) is 15.6 Å². The molecule has 0 spiro atoms. The lowest BCUT2D eigenvalue weighted by Gasteiger charge is -2.22. The average Bonchev–Trinajstić information content (AvgIpc) is 2.27. The number of hydrogen-bond acceptors (Lipinski definition) is 4. The number of methoxy groups -OCH3 is 1. The van der Waals surface area contributed by atoms with E-state index in [0.29, 0.717) is 0 Å². The zero-order valence-corrected chi connectivity index (χ0v) is 8.65. The van der Waals surface area contributed by atoms with E-state index >= 15 is 0 Å². The summed E-state index contributed by atoms with van der Waals surface area (Å²) in [6.07, 6.45) is 0. The molecule has 0 aromatic heterocycles. The van der Waals surface area contributed by atoms with E-state index in [1.54, 1.807) is 0 Å². The van der Waals surface area contributed by atoms with Crippen LogP contribution in [0.1, 0.15) is 11.6 Å². The molecule has 6 heteroatoms. The molecule has 0 radical (unpaired) electrons. The molecule has 0 fully saturated rings. The van der Waals surface area contributed by atoms with Crippen molar-refractivity contribution in [3.05, 3.63) is 23.8 Å². The Morgan fingerprint density at radius 3 is 2.56 bits per heavy atom. The summed E-state index contributed by atoms with van der Waals surface area (Å²) in [6, 6.07) is 2.06. The molecule has 0 aliphatic heterocycles. The van der Waals surface area contributed by atoms with Gasteiger partial charge in [0.05, 0.1) is 13.2 Å². The van der Waals surface area contributed by atoms with Gasteiger partial charge in [-0.05, 0) is 17.7 Å². The molecule has 0 saturated carbocycles. The normalized spacial score (nSPS) is 13.6. The second-order valence-electron chi connectivity index (χ2n) is 3.33. The first-order valence-corrected chi connectivity index (χ1v) is 4.53. The molecule has 0 saturated heterocycles. The number of aromatic hydroxyl groups is 1. The third kappa shape index (κ3) is 2.40. The standard InChI is InChI=1S/C10H13F2NO3/c1-16-8-3-2-6(4-7(8)15)9(13)10(11,12)5-14/h2-4,9,14-15H,5,13H2,1H3/t9-/m1/s1. The van der Waals surface area contributed by atoms with Crippen molar-refractivity contribution in [1.82, 2.24) is 0 Å². The van der Waals surface area contributed by atoms with E-state index in [9.17, 15) is 13.9 Å². The van der Waals surface area contributed by atoms with Crippen LogP contribution in [0.15, 0.2) is 18.2 Å². The van der Waals surface area contributed by atoms with Crippen LogP contribution in [0.5, 0.6) is 11.5 Å². The summed E-state index contributed by atoms with van der Waals surface area (Å²) < 4.78 is 30.9. The number of hydrogen-bond donors (Lipinski definition) is 3. The highest BCUT2D eigenvalue weighted by Gasteiger charge is 2.37. The van der Waals surface area contributed by atoms with Gasteiger partial charge in [0.25, 0.3) is 5.92 Å².